The molecule has 1 aromatic rings. The van der Waals surface area contributed by atoms with Crippen molar-refractivity contribution in [1.82, 2.24) is 0 Å². The first-order valence-corrected chi connectivity index (χ1v) is 8.36. The normalized spacial score (nSPS) is 25.9. The van der Waals surface area contributed by atoms with E-state index in [2.05, 4.69) is 6.92 Å². The van der Waals surface area contributed by atoms with E-state index in [1.165, 1.54) is 11.8 Å². The number of nitrogens with zero attached hydrogens (tertiary/aromatic N) is 1. The van der Waals surface area contributed by atoms with Crippen LogP contribution in [-0.2, 0) is 20.7 Å². The lowest BCUT2D eigenvalue weighted by atomic mass is 9.80. The van der Waals surface area contributed by atoms with Gasteiger partial charge in [-0.15, -0.1) is 0 Å². The van der Waals surface area contributed by atoms with Gasteiger partial charge in [0.1, 0.15) is 24.7 Å². The third-order valence-corrected chi connectivity index (χ3v) is 4.62. The Labute approximate surface area is 141 Å². The van der Waals surface area contributed by atoms with Crippen molar-refractivity contribution in [3.8, 4) is 11.8 Å². The Morgan fingerprint density at radius 3 is 2.79 bits per heavy atom. The first-order chi connectivity index (χ1) is 11.7. The molecule has 1 heterocycles. The van der Waals surface area contributed by atoms with Crippen molar-refractivity contribution in [1.29, 1.82) is 5.26 Å². The molecule has 3 atom stereocenters. The lowest BCUT2D eigenvalue weighted by molar-refractivity contribution is -0.133. The maximum Gasteiger partial charge on any atom is 0.207 e. The maximum absolute atomic E-state index is 12.6. The Hall–Kier alpha value is -2.32. The molecule has 1 saturated carbocycles. The fourth-order valence-corrected chi connectivity index (χ4v) is 3.23. The summed E-state index contributed by atoms with van der Waals surface area (Å²) < 4.78 is 16.9. The first-order valence-electron chi connectivity index (χ1n) is 8.36. The molecule has 2 aliphatic rings. The zero-order valence-corrected chi connectivity index (χ0v) is 13.7. The number of benzene rings is 1. The van der Waals surface area contributed by atoms with Crippen LogP contribution in [0, 0.1) is 17.2 Å². The highest BCUT2D eigenvalue weighted by Crippen LogP contribution is 2.35. The molecule has 0 amide bonds. The van der Waals surface area contributed by atoms with E-state index in [0.717, 1.165) is 12.8 Å². The molecule has 1 aliphatic carbocycles. The van der Waals surface area contributed by atoms with E-state index >= 15 is 0 Å². The Morgan fingerprint density at radius 1 is 1.29 bits per heavy atom. The summed E-state index contributed by atoms with van der Waals surface area (Å²) in [5, 5.41) is 8.59. The van der Waals surface area contributed by atoms with E-state index in [1.54, 1.807) is 0 Å². The summed E-state index contributed by atoms with van der Waals surface area (Å²) in [6.45, 7) is 2.17. The van der Waals surface area contributed by atoms with Crippen molar-refractivity contribution >= 4 is 5.78 Å². The van der Waals surface area contributed by atoms with E-state index in [4.69, 9.17) is 19.5 Å². The zero-order valence-electron chi connectivity index (χ0n) is 13.7. The molecule has 1 aliphatic heterocycles. The molecule has 1 aromatic carbocycles. The van der Waals surface area contributed by atoms with Gasteiger partial charge in [-0.2, -0.15) is 5.26 Å². The highest BCUT2D eigenvalue weighted by molar-refractivity contribution is 5.96. The van der Waals surface area contributed by atoms with E-state index in [1.807, 2.05) is 30.3 Å². The van der Waals surface area contributed by atoms with Gasteiger partial charge in [0, 0.05) is 6.42 Å². The molecule has 5 nitrogen and oxygen atoms in total. The molecule has 0 N–H and O–H groups in total. The predicted octanol–water partition coefficient (Wildman–Crippen LogP) is 3.15. The van der Waals surface area contributed by atoms with Crippen molar-refractivity contribution in [2.75, 3.05) is 6.61 Å². The van der Waals surface area contributed by atoms with Gasteiger partial charge >= 0.3 is 0 Å². The number of hydrogen-bond acceptors (Lipinski definition) is 5. The van der Waals surface area contributed by atoms with Gasteiger partial charge in [0.2, 0.25) is 11.5 Å². The lowest BCUT2D eigenvalue weighted by Gasteiger charge is -2.36. The topological polar surface area (TPSA) is 68.6 Å². The molecule has 126 valence electrons. The third kappa shape index (κ3) is 3.60. The number of fused-ring (bicyclic) bond motifs is 1. The second-order valence-electron chi connectivity index (χ2n) is 6.13. The molecule has 0 radical (unpaired) electrons. The molecule has 0 saturated heterocycles. The number of nitriles is 1. The standard InChI is InChI=1S/C19H21NO4/c1-2-13-3-5-14(6-4-13)24-18-12-23-17-11-15(22-10-9-20)7-8-16(17)19(18)21/h3-6,12,15-17H,2,7-8,10-11H2,1H3. The molecule has 5 heteroatoms. The van der Waals surface area contributed by atoms with Gasteiger partial charge in [0.15, 0.2) is 0 Å². The lowest BCUT2D eigenvalue weighted by Crippen LogP contribution is -2.42. The number of ether oxygens (including phenoxy) is 3. The number of carbonyl (C=O) groups excluding carboxylic acids is 1. The summed E-state index contributed by atoms with van der Waals surface area (Å²) in [4.78, 5) is 12.6. The maximum atomic E-state index is 12.6. The van der Waals surface area contributed by atoms with Crippen LogP contribution < -0.4 is 4.74 Å². The van der Waals surface area contributed by atoms with Crippen LogP contribution in [-0.4, -0.2) is 24.6 Å². The second kappa shape index (κ2) is 7.50. The monoisotopic (exact) mass is 327 g/mol. The van der Waals surface area contributed by atoms with Gasteiger partial charge < -0.3 is 14.2 Å². The number of hydrogen-bond donors (Lipinski definition) is 0. The van der Waals surface area contributed by atoms with Crippen LogP contribution >= 0.6 is 0 Å². The highest BCUT2D eigenvalue weighted by Gasteiger charge is 2.41. The zero-order chi connectivity index (χ0) is 16.9. The molecule has 1 fully saturated rings. The van der Waals surface area contributed by atoms with Gasteiger partial charge in [-0.3, -0.25) is 4.79 Å². The van der Waals surface area contributed by atoms with Gasteiger partial charge in [0.05, 0.1) is 18.1 Å². The van der Waals surface area contributed by atoms with E-state index in [0.29, 0.717) is 18.6 Å². The Morgan fingerprint density at radius 2 is 2.08 bits per heavy atom. The summed E-state index contributed by atoms with van der Waals surface area (Å²) in [5.74, 6) is 0.697. The Kier molecular flexibility index (Phi) is 5.17. The van der Waals surface area contributed by atoms with Crippen molar-refractivity contribution in [2.45, 2.75) is 44.8 Å². The average Bonchev–Trinajstić information content (AvgIpc) is 2.63. The molecule has 0 bridgehead atoms. The summed E-state index contributed by atoms with van der Waals surface area (Å²) in [5.41, 5.74) is 1.22. The van der Waals surface area contributed by atoms with E-state index < -0.39 is 0 Å². The minimum atomic E-state index is -0.193. The van der Waals surface area contributed by atoms with Crippen LogP contribution in [0.15, 0.2) is 36.3 Å². The summed E-state index contributed by atoms with van der Waals surface area (Å²) in [6, 6.07) is 9.69. The molecule has 0 aromatic heterocycles. The average molecular weight is 327 g/mol. The van der Waals surface area contributed by atoms with Crippen LogP contribution in [0.2, 0.25) is 0 Å². The predicted molar refractivity (Wildman–Crippen MR) is 87.1 cm³/mol. The van der Waals surface area contributed by atoms with Crippen LogP contribution in [0.3, 0.4) is 0 Å². The van der Waals surface area contributed by atoms with Crippen molar-refractivity contribution < 1.29 is 19.0 Å². The van der Waals surface area contributed by atoms with Crippen LogP contribution in [0.25, 0.3) is 0 Å². The minimum absolute atomic E-state index is 0.00967. The minimum Gasteiger partial charge on any atom is -0.493 e. The first kappa shape index (κ1) is 16.5. The summed E-state index contributed by atoms with van der Waals surface area (Å²) in [6.07, 6.45) is 4.26. The number of carbonyl (C=O) groups is 1. The molecular weight excluding hydrogens is 306 g/mol. The number of ketones is 1. The fourth-order valence-electron chi connectivity index (χ4n) is 3.23. The van der Waals surface area contributed by atoms with Crippen molar-refractivity contribution in [2.24, 2.45) is 5.92 Å². The SMILES string of the molecule is CCc1ccc(OC2=COC3CC(OCC#N)CCC3C2=O)cc1. The smallest absolute Gasteiger partial charge is 0.207 e. The van der Waals surface area contributed by atoms with E-state index in [9.17, 15) is 4.79 Å². The molecular formula is C19H21NO4. The number of allylic oxidation sites excluding steroid dienone is 1. The summed E-state index contributed by atoms with van der Waals surface area (Å²) >= 11 is 0. The quantitative estimate of drug-likeness (QED) is 0.831. The number of Topliss-reactive ketones (excluding diaryl/α,β-unsaturated/α-hetero) is 1. The van der Waals surface area contributed by atoms with Gasteiger partial charge in [-0.05, 0) is 37.0 Å². The largest absolute Gasteiger partial charge is 0.493 e. The molecule has 0 spiro atoms. The number of rotatable bonds is 5. The highest BCUT2D eigenvalue weighted by atomic mass is 16.5. The molecule has 24 heavy (non-hydrogen) atoms. The van der Waals surface area contributed by atoms with Crippen LogP contribution in [0.4, 0.5) is 0 Å². The third-order valence-electron chi connectivity index (χ3n) is 4.62. The van der Waals surface area contributed by atoms with Gasteiger partial charge in [0.25, 0.3) is 0 Å². The van der Waals surface area contributed by atoms with Crippen LogP contribution in [0.5, 0.6) is 5.75 Å². The van der Waals surface area contributed by atoms with Gasteiger partial charge in [-0.25, -0.2) is 0 Å². The van der Waals surface area contributed by atoms with Crippen molar-refractivity contribution in [3.05, 3.63) is 41.9 Å². The Bertz CT molecular complexity index is 659. The van der Waals surface area contributed by atoms with E-state index in [-0.39, 0.29) is 36.3 Å². The van der Waals surface area contributed by atoms with Crippen LogP contribution in [0.1, 0.15) is 31.7 Å². The van der Waals surface area contributed by atoms with Crippen molar-refractivity contribution in [3.63, 3.8) is 0 Å². The molecule has 3 unspecified atom stereocenters. The Balaban J connectivity index is 1.64. The number of aryl methyl sites for hydroxylation is 1. The second-order valence-corrected chi connectivity index (χ2v) is 6.13. The molecule has 3 rings (SSSR count). The summed E-state index contributed by atoms with van der Waals surface area (Å²) in [7, 11) is 0. The fraction of sp³-hybridized carbons (Fsp3) is 0.474. The van der Waals surface area contributed by atoms with Gasteiger partial charge in [-0.1, -0.05) is 19.1 Å².